The molecule has 2 rings (SSSR count). The van der Waals surface area contributed by atoms with Gasteiger partial charge in [-0.05, 0) is 48.7 Å². The number of carbonyl (C=O) groups is 1. The number of unbranched alkanes of at least 4 members (excludes halogenated alkanes) is 3. The Bertz CT molecular complexity index is 838. The second-order valence-corrected chi connectivity index (χ2v) is 7.95. The number of nitrogens with zero attached hydrogens (tertiary/aromatic N) is 2. The monoisotopic (exact) mass is 446 g/mol. The molecule has 0 radical (unpaired) electrons. The van der Waals surface area contributed by atoms with Crippen LogP contribution in [-0.2, 0) is 4.79 Å². The Morgan fingerprint density at radius 2 is 1.68 bits per heavy atom. The van der Waals surface area contributed by atoms with Crippen LogP contribution in [0.15, 0.2) is 53.6 Å². The Kier molecular flexibility index (Phi) is 10.3. The number of rotatable bonds is 12. The molecule has 2 atom stereocenters. The molecule has 2 aromatic rings. The fourth-order valence-corrected chi connectivity index (χ4v) is 2.97. The van der Waals surface area contributed by atoms with Gasteiger partial charge in [-0.2, -0.15) is 0 Å². The molecule has 0 saturated heterocycles. The number of hydrogen-bond donors (Lipinski definition) is 0. The van der Waals surface area contributed by atoms with Crippen LogP contribution in [0.4, 0.5) is 11.4 Å². The van der Waals surface area contributed by atoms with Crippen molar-refractivity contribution in [3.8, 4) is 11.5 Å². The molecule has 0 aliphatic rings. The molecule has 0 bridgehead atoms. The van der Waals surface area contributed by atoms with E-state index in [0.717, 1.165) is 25.0 Å². The molecule has 168 valence electrons. The molecule has 31 heavy (non-hydrogen) atoms. The number of esters is 1. The van der Waals surface area contributed by atoms with E-state index >= 15 is 0 Å². The fourth-order valence-electron chi connectivity index (χ4n) is 2.74. The first-order valence-corrected chi connectivity index (χ1v) is 11.3. The van der Waals surface area contributed by atoms with Crippen molar-refractivity contribution in [1.82, 2.24) is 0 Å². The van der Waals surface area contributed by atoms with Crippen molar-refractivity contribution in [3.05, 3.63) is 53.7 Å². The fraction of sp³-hybridized carbons (Fsp3) is 0.458. The molecular formula is C24H31ClN2O4. The Balaban J connectivity index is 1.92. The van der Waals surface area contributed by atoms with Crippen LogP contribution in [-0.4, -0.2) is 22.8 Å². The summed E-state index contributed by atoms with van der Waals surface area (Å²) in [6, 6.07) is 13.2. The Labute approximate surface area is 189 Å². The van der Waals surface area contributed by atoms with E-state index in [4.69, 9.17) is 21.1 Å². The van der Waals surface area contributed by atoms with Crippen molar-refractivity contribution in [1.29, 1.82) is 0 Å². The van der Waals surface area contributed by atoms with E-state index in [1.807, 2.05) is 13.8 Å². The molecule has 2 aromatic carbocycles. The molecule has 0 aromatic heterocycles. The van der Waals surface area contributed by atoms with Gasteiger partial charge < -0.3 is 14.7 Å². The molecule has 0 spiro atoms. The summed E-state index contributed by atoms with van der Waals surface area (Å²) in [5.74, 6) is 0.625. The SMILES string of the molecule is CCCCCCOc1ccc([N+]([O-])=Nc2ccc(OC(=O)[C@@H](Cl)[C@@H](C)CC)cc2)cc1. The van der Waals surface area contributed by atoms with E-state index in [-0.39, 0.29) is 5.92 Å². The summed E-state index contributed by atoms with van der Waals surface area (Å²) in [7, 11) is 0. The average molecular weight is 447 g/mol. The zero-order chi connectivity index (χ0) is 22.6. The smallest absolute Gasteiger partial charge is 0.329 e. The largest absolute Gasteiger partial charge is 0.594 e. The predicted molar refractivity (Wildman–Crippen MR) is 123 cm³/mol. The number of carbonyl (C=O) groups excluding carboxylic acids is 1. The molecule has 0 N–H and O–H groups in total. The minimum absolute atomic E-state index is 0.0234. The van der Waals surface area contributed by atoms with Crippen LogP contribution in [0, 0.1) is 11.1 Å². The highest BCUT2D eigenvalue weighted by atomic mass is 35.5. The van der Waals surface area contributed by atoms with Crippen molar-refractivity contribution < 1.29 is 19.1 Å². The van der Waals surface area contributed by atoms with Crippen LogP contribution in [0.25, 0.3) is 0 Å². The van der Waals surface area contributed by atoms with Gasteiger partial charge in [-0.25, -0.2) is 0 Å². The van der Waals surface area contributed by atoms with Crippen molar-refractivity contribution in [3.63, 3.8) is 0 Å². The summed E-state index contributed by atoms with van der Waals surface area (Å²) < 4.78 is 11.0. The summed E-state index contributed by atoms with van der Waals surface area (Å²) >= 11 is 6.11. The first-order chi connectivity index (χ1) is 14.9. The Morgan fingerprint density at radius 1 is 1.03 bits per heavy atom. The quantitative estimate of drug-likeness (QED) is 0.0660. The van der Waals surface area contributed by atoms with Crippen LogP contribution < -0.4 is 9.47 Å². The van der Waals surface area contributed by atoms with Gasteiger partial charge in [-0.1, -0.05) is 51.3 Å². The molecule has 0 saturated carbocycles. The molecule has 0 heterocycles. The van der Waals surface area contributed by atoms with Crippen LogP contribution >= 0.6 is 11.6 Å². The van der Waals surface area contributed by atoms with Crippen molar-refractivity contribution in [2.75, 3.05) is 6.61 Å². The van der Waals surface area contributed by atoms with Crippen LogP contribution in [0.1, 0.15) is 52.9 Å². The second-order valence-electron chi connectivity index (χ2n) is 7.48. The molecular weight excluding hydrogens is 416 g/mol. The summed E-state index contributed by atoms with van der Waals surface area (Å²) in [4.78, 5) is 12.6. The lowest BCUT2D eigenvalue weighted by molar-refractivity contribution is -0.435. The first kappa shape index (κ1) is 24.7. The van der Waals surface area contributed by atoms with E-state index < -0.39 is 11.3 Å². The lowest BCUT2D eigenvalue weighted by atomic mass is 10.1. The minimum Gasteiger partial charge on any atom is -0.594 e. The third-order valence-electron chi connectivity index (χ3n) is 4.95. The number of azo groups is 1. The minimum atomic E-state index is -0.699. The van der Waals surface area contributed by atoms with Crippen molar-refractivity contribution >= 4 is 28.9 Å². The molecule has 0 fully saturated rings. The van der Waals surface area contributed by atoms with Gasteiger partial charge in [0.05, 0.1) is 6.61 Å². The van der Waals surface area contributed by atoms with Gasteiger partial charge in [0.25, 0.3) is 0 Å². The summed E-state index contributed by atoms with van der Waals surface area (Å²) in [6.45, 7) is 6.71. The predicted octanol–water partition coefficient (Wildman–Crippen LogP) is 7.13. The molecule has 0 aliphatic heterocycles. The van der Waals surface area contributed by atoms with E-state index in [1.54, 1.807) is 48.5 Å². The molecule has 0 amide bonds. The molecule has 7 heteroatoms. The van der Waals surface area contributed by atoms with Crippen molar-refractivity contribution in [2.45, 2.75) is 58.3 Å². The lowest BCUT2D eigenvalue weighted by Crippen LogP contribution is -2.26. The van der Waals surface area contributed by atoms with Gasteiger partial charge in [0.1, 0.15) is 22.6 Å². The van der Waals surface area contributed by atoms with E-state index in [0.29, 0.717) is 28.6 Å². The lowest BCUT2D eigenvalue weighted by Gasteiger charge is -2.14. The van der Waals surface area contributed by atoms with E-state index in [2.05, 4.69) is 12.0 Å². The average Bonchev–Trinajstić information content (AvgIpc) is 2.79. The zero-order valence-corrected chi connectivity index (χ0v) is 19.2. The molecule has 0 unspecified atom stereocenters. The number of ether oxygens (including phenoxy) is 2. The summed E-state index contributed by atoms with van der Waals surface area (Å²) in [5, 5.41) is 15.6. The van der Waals surface area contributed by atoms with Crippen molar-refractivity contribution in [2.24, 2.45) is 11.0 Å². The van der Waals surface area contributed by atoms with E-state index in [1.165, 1.54) is 12.8 Å². The maximum atomic E-state index is 12.3. The number of hydrogen-bond acceptors (Lipinski definition) is 5. The maximum absolute atomic E-state index is 12.3. The molecule has 6 nitrogen and oxygen atoms in total. The van der Waals surface area contributed by atoms with Gasteiger partial charge in [-0.15, -0.1) is 11.6 Å². The molecule has 0 aliphatic carbocycles. The van der Waals surface area contributed by atoms with Gasteiger partial charge in [-0.3, -0.25) is 4.79 Å². The van der Waals surface area contributed by atoms with Crippen LogP contribution in [0.3, 0.4) is 0 Å². The Morgan fingerprint density at radius 3 is 2.29 bits per heavy atom. The highest BCUT2D eigenvalue weighted by molar-refractivity contribution is 6.30. The normalized spacial score (nSPS) is 13.5. The topological polar surface area (TPSA) is 74.0 Å². The summed E-state index contributed by atoms with van der Waals surface area (Å²) in [5.41, 5.74) is 0.836. The van der Waals surface area contributed by atoms with E-state index in [9.17, 15) is 10.0 Å². The highest BCUT2D eigenvalue weighted by Crippen LogP contribution is 2.24. The van der Waals surface area contributed by atoms with Gasteiger partial charge in [0.2, 0.25) is 5.69 Å². The number of halogens is 1. The summed E-state index contributed by atoms with van der Waals surface area (Å²) in [6.07, 6.45) is 5.37. The van der Waals surface area contributed by atoms with Gasteiger partial charge >= 0.3 is 5.97 Å². The third-order valence-corrected chi connectivity index (χ3v) is 5.56. The second kappa shape index (κ2) is 13.0. The van der Waals surface area contributed by atoms with Crippen LogP contribution in [0.2, 0.25) is 0 Å². The number of alkyl halides is 1. The van der Waals surface area contributed by atoms with Gasteiger partial charge in [0, 0.05) is 17.2 Å². The Hall–Kier alpha value is -2.60. The zero-order valence-electron chi connectivity index (χ0n) is 18.4. The maximum Gasteiger partial charge on any atom is 0.329 e. The first-order valence-electron chi connectivity index (χ1n) is 10.8. The highest BCUT2D eigenvalue weighted by Gasteiger charge is 2.23. The number of benzene rings is 2. The van der Waals surface area contributed by atoms with Crippen LogP contribution in [0.5, 0.6) is 11.5 Å². The standard InChI is InChI=1S/C24H31ClN2O4/c1-4-6-7-8-17-30-21-15-11-20(12-16-21)27(29)26-19-9-13-22(14-10-19)31-24(28)23(25)18(3)5-2/h9-16,18,23H,4-8,17H2,1-3H3/t18-,23-/m0/s1. The van der Waals surface area contributed by atoms with Gasteiger partial charge in [0.15, 0.2) is 0 Å². The third kappa shape index (κ3) is 8.21.